The molecule has 0 aromatic heterocycles. The molecule has 0 unspecified atom stereocenters. The van der Waals surface area contributed by atoms with E-state index in [0.29, 0.717) is 12.0 Å². The quantitative estimate of drug-likeness (QED) is 0.522. The molecule has 16 heavy (non-hydrogen) atoms. The van der Waals surface area contributed by atoms with Gasteiger partial charge >= 0.3 is 0 Å². The standard InChI is InChI=1S/C13H26O2Si/c1-6-7-12-11(2)10-13(15-12)14-8-9-16(3,4)5/h6,11-13H,1,7-10H2,2-5H3/t11-,12-,13+/m0/s1. The molecule has 1 heterocycles. The Morgan fingerprint density at radius 3 is 2.69 bits per heavy atom. The topological polar surface area (TPSA) is 18.5 Å². The summed E-state index contributed by atoms with van der Waals surface area (Å²) in [6.07, 6.45) is 4.25. The summed E-state index contributed by atoms with van der Waals surface area (Å²) < 4.78 is 11.7. The fraction of sp³-hybridized carbons (Fsp3) is 0.846. The first-order valence-electron chi connectivity index (χ1n) is 6.30. The van der Waals surface area contributed by atoms with Crippen molar-refractivity contribution < 1.29 is 9.47 Å². The van der Waals surface area contributed by atoms with Crippen molar-refractivity contribution in [2.24, 2.45) is 5.92 Å². The minimum atomic E-state index is -0.975. The lowest BCUT2D eigenvalue weighted by Gasteiger charge is -2.18. The summed E-state index contributed by atoms with van der Waals surface area (Å²) in [6, 6.07) is 1.22. The van der Waals surface area contributed by atoms with Crippen LogP contribution in [0.3, 0.4) is 0 Å². The van der Waals surface area contributed by atoms with Crippen molar-refractivity contribution in [3.05, 3.63) is 12.7 Å². The SMILES string of the molecule is C=CC[C@@H]1O[C@@H](OCC[Si](C)(C)C)C[C@@H]1C. The first-order valence-corrected chi connectivity index (χ1v) is 10.0. The summed E-state index contributed by atoms with van der Waals surface area (Å²) >= 11 is 0. The fourth-order valence-electron chi connectivity index (χ4n) is 1.90. The van der Waals surface area contributed by atoms with Gasteiger partial charge in [-0.2, -0.15) is 0 Å². The van der Waals surface area contributed by atoms with Gasteiger partial charge in [0.2, 0.25) is 0 Å². The lowest BCUT2D eigenvalue weighted by atomic mass is 10.0. The minimum absolute atomic E-state index is 0.0244. The van der Waals surface area contributed by atoms with Gasteiger partial charge in [-0.25, -0.2) is 0 Å². The Labute approximate surface area is 101 Å². The van der Waals surface area contributed by atoms with E-state index in [-0.39, 0.29) is 6.29 Å². The van der Waals surface area contributed by atoms with E-state index in [2.05, 4.69) is 33.1 Å². The molecule has 0 aromatic carbocycles. The van der Waals surface area contributed by atoms with E-state index in [4.69, 9.17) is 9.47 Å². The van der Waals surface area contributed by atoms with Gasteiger partial charge in [-0.05, 0) is 18.4 Å². The monoisotopic (exact) mass is 242 g/mol. The molecule has 94 valence electrons. The predicted molar refractivity (Wildman–Crippen MR) is 71.4 cm³/mol. The summed E-state index contributed by atoms with van der Waals surface area (Å²) in [4.78, 5) is 0. The highest BCUT2D eigenvalue weighted by Crippen LogP contribution is 2.29. The third-order valence-corrected chi connectivity index (χ3v) is 4.78. The molecule has 0 N–H and O–H groups in total. The Kier molecular flexibility index (Phi) is 5.22. The van der Waals surface area contributed by atoms with Gasteiger partial charge in [-0.3, -0.25) is 0 Å². The molecule has 3 atom stereocenters. The molecule has 2 nitrogen and oxygen atoms in total. The van der Waals surface area contributed by atoms with Crippen LogP contribution in [-0.2, 0) is 9.47 Å². The molecule has 0 aromatic rings. The number of hydrogen-bond acceptors (Lipinski definition) is 2. The lowest BCUT2D eigenvalue weighted by molar-refractivity contribution is -0.130. The molecule has 0 radical (unpaired) electrons. The fourth-order valence-corrected chi connectivity index (χ4v) is 2.63. The highest BCUT2D eigenvalue weighted by molar-refractivity contribution is 6.76. The van der Waals surface area contributed by atoms with Crippen LogP contribution in [-0.4, -0.2) is 27.1 Å². The second-order valence-corrected chi connectivity index (χ2v) is 11.6. The third kappa shape index (κ3) is 4.81. The zero-order valence-electron chi connectivity index (χ0n) is 11.2. The van der Waals surface area contributed by atoms with Gasteiger partial charge in [0, 0.05) is 21.1 Å². The van der Waals surface area contributed by atoms with Gasteiger partial charge in [-0.1, -0.05) is 32.6 Å². The maximum atomic E-state index is 5.85. The van der Waals surface area contributed by atoms with Crippen LogP contribution in [0.2, 0.25) is 25.7 Å². The third-order valence-electron chi connectivity index (χ3n) is 3.08. The van der Waals surface area contributed by atoms with Crippen molar-refractivity contribution in [1.82, 2.24) is 0 Å². The Morgan fingerprint density at radius 2 is 2.12 bits per heavy atom. The summed E-state index contributed by atoms with van der Waals surface area (Å²) in [5, 5.41) is 0. The first kappa shape index (κ1) is 13.9. The zero-order chi connectivity index (χ0) is 12.2. The zero-order valence-corrected chi connectivity index (χ0v) is 12.2. The molecule has 1 saturated heterocycles. The smallest absolute Gasteiger partial charge is 0.158 e. The molecule has 1 rings (SSSR count). The summed E-state index contributed by atoms with van der Waals surface area (Å²) in [6.45, 7) is 14.0. The van der Waals surface area contributed by atoms with Gasteiger partial charge in [0.1, 0.15) is 0 Å². The Balaban J connectivity index is 2.23. The highest BCUT2D eigenvalue weighted by Gasteiger charge is 2.31. The van der Waals surface area contributed by atoms with E-state index in [9.17, 15) is 0 Å². The van der Waals surface area contributed by atoms with E-state index in [1.165, 1.54) is 6.04 Å². The van der Waals surface area contributed by atoms with Crippen molar-refractivity contribution in [2.75, 3.05) is 6.61 Å². The van der Waals surface area contributed by atoms with E-state index >= 15 is 0 Å². The van der Waals surface area contributed by atoms with Gasteiger partial charge in [0.25, 0.3) is 0 Å². The van der Waals surface area contributed by atoms with Crippen LogP contribution in [0.5, 0.6) is 0 Å². The molecule has 0 saturated carbocycles. The molecule has 0 bridgehead atoms. The lowest BCUT2D eigenvalue weighted by Crippen LogP contribution is -2.24. The van der Waals surface area contributed by atoms with Crippen LogP contribution in [0.4, 0.5) is 0 Å². The summed E-state index contributed by atoms with van der Waals surface area (Å²) in [5.74, 6) is 0.592. The van der Waals surface area contributed by atoms with E-state index in [1.807, 2.05) is 6.08 Å². The van der Waals surface area contributed by atoms with Gasteiger partial charge in [-0.15, -0.1) is 6.58 Å². The van der Waals surface area contributed by atoms with E-state index in [0.717, 1.165) is 19.4 Å². The minimum Gasteiger partial charge on any atom is -0.353 e. The van der Waals surface area contributed by atoms with Crippen molar-refractivity contribution in [1.29, 1.82) is 0 Å². The molecule has 1 aliphatic rings. The van der Waals surface area contributed by atoms with E-state index in [1.54, 1.807) is 0 Å². The second-order valence-electron chi connectivity index (χ2n) is 6.02. The Morgan fingerprint density at radius 1 is 1.44 bits per heavy atom. The van der Waals surface area contributed by atoms with Crippen LogP contribution < -0.4 is 0 Å². The Bertz CT molecular complexity index is 222. The van der Waals surface area contributed by atoms with Crippen LogP contribution in [0.1, 0.15) is 19.8 Å². The van der Waals surface area contributed by atoms with Crippen LogP contribution >= 0.6 is 0 Å². The normalized spacial score (nSPS) is 30.6. The maximum Gasteiger partial charge on any atom is 0.158 e. The molecule has 1 fully saturated rings. The molecule has 1 aliphatic heterocycles. The maximum absolute atomic E-state index is 5.85. The molecule has 0 spiro atoms. The number of hydrogen-bond donors (Lipinski definition) is 0. The number of ether oxygens (including phenoxy) is 2. The Hall–Kier alpha value is -0.123. The molecule has 3 heteroatoms. The van der Waals surface area contributed by atoms with Crippen LogP contribution in [0.25, 0.3) is 0 Å². The molecular formula is C13H26O2Si. The average Bonchev–Trinajstić information content (AvgIpc) is 2.46. The number of rotatable bonds is 6. The van der Waals surface area contributed by atoms with Gasteiger partial charge in [0.15, 0.2) is 6.29 Å². The second kappa shape index (κ2) is 5.99. The predicted octanol–water partition coefficient (Wildman–Crippen LogP) is 3.67. The summed E-state index contributed by atoms with van der Waals surface area (Å²) in [7, 11) is -0.975. The average molecular weight is 242 g/mol. The molecule has 0 amide bonds. The van der Waals surface area contributed by atoms with Crippen molar-refractivity contribution in [2.45, 2.75) is 57.8 Å². The highest BCUT2D eigenvalue weighted by atomic mass is 28.3. The van der Waals surface area contributed by atoms with Crippen molar-refractivity contribution in [3.8, 4) is 0 Å². The van der Waals surface area contributed by atoms with Crippen LogP contribution in [0, 0.1) is 5.92 Å². The van der Waals surface area contributed by atoms with Gasteiger partial charge in [0.05, 0.1) is 6.10 Å². The largest absolute Gasteiger partial charge is 0.353 e. The van der Waals surface area contributed by atoms with E-state index < -0.39 is 8.07 Å². The molecular weight excluding hydrogens is 216 g/mol. The van der Waals surface area contributed by atoms with Crippen molar-refractivity contribution in [3.63, 3.8) is 0 Å². The molecule has 0 aliphatic carbocycles. The van der Waals surface area contributed by atoms with Crippen molar-refractivity contribution >= 4 is 8.07 Å². The summed E-state index contributed by atoms with van der Waals surface area (Å²) in [5.41, 5.74) is 0. The van der Waals surface area contributed by atoms with Gasteiger partial charge < -0.3 is 9.47 Å². The van der Waals surface area contributed by atoms with Crippen LogP contribution in [0.15, 0.2) is 12.7 Å². The first-order chi connectivity index (χ1) is 7.42.